The Morgan fingerprint density at radius 1 is 1.14 bits per heavy atom. The summed E-state index contributed by atoms with van der Waals surface area (Å²) >= 11 is 7.73. The molecule has 2 aromatic heterocycles. The number of halogens is 1. The first-order valence-electron chi connectivity index (χ1n) is 11.8. The van der Waals surface area contributed by atoms with E-state index in [0.717, 1.165) is 27.1 Å². The van der Waals surface area contributed by atoms with E-state index in [1.165, 1.54) is 11.3 Å². The molecule has 4 aromatic rings. The first kappa shape index (κ1) is 26.6. The number of nitrogens with zero attached hydrogens (tertiary/aromatic N) is 1. The summed E-state index contributed by atoms with van der Waals surface area (Å²) in [5.41, 5.74) is 3.48. The molecule has 2 aromatic carbocycles. The third-order valence-electron chi connectivity index (χ3n) is 5.64. The van der Waals surface area contributed by atoms with Gasteiger partial charge in [-0.2, -0.15) is 0 Å². The number of amides is 1. The lowest BCUT2D eigenvalue weighted by atomic mass is 9.98. The zero-order chi connectivity index (χ0) is 26.5. The maximum Gasteiger partial charge on any atom is 0.333 e. The van der Waals surface area contributed by atoms with Crippen LogP contribution in [0.25, 0.3) is 21.9 Å². The Labute approximate surface area is 224 Å². The molecule has 0 aliphatic heterocycles. The summed E-state index contributed by atoms with van der Waals surface area (Å²) in [4.78, 5) is 30.1. The van der Waals surface area contributed by atoms with Crippen molar-refractivity contribution < 1.29 is 23.8 Å². The highest BCUT2D eigenvalue weighted by atomic mass is 35.5. The van der Waals surface area contributed by atoms with Gasteiger partial charge >= 0.3 is 5.97 Å². The lowest BCUT2D eigenvalue weighted by Crippen LogP contribution is -2.29. The number of rotatable bonds is 10. The van der Waals surface area contributed by atoms with E-state index in [1.807, 2.05) is 49.4 Å². The lowest BCUT2D eigenvalue weighted by molar-refractivity contribution is -0.153. The van der Waals surface area contributed by atoms with Crippen molar-refractivity contribution in [2.45, 2.75) is 45.9 Å². The third kappa shape index (κ3) is 6.46. The van der Waals surface area contributed by atoms with E-state index >= 15 is 0 Å². The van der Waals surface area contributed by atoms with E-state index in [9.17, 15) is 14.7 Å². The normalized spacial score (nSPS) is 12.0. The molecule has 2 heterocycles. The average molecular weight is 539 g/mol. The van der Waals surface area contributed by atoms with Crippen LogP contribution in [0.2, 0.25) is 5.02 Å². The Kier molecular flexibility index (Phi) is 8.43. The van der Waals surface area contributed by atoms with Gasteiger partial charge in [-0.15, -0.1) is 11.3 Å². The number of nitrogens with one attached hydrogen (secondary N) is 1. The van der Waals surface area contributed by atoms with Gasteiger partial charge in [0.15, 0.2) is 6.10 Å². The van der Waals surface area contributed by atoms with Crippen LogP contribution in [0, 0.1) is 6.92 Å². The van der Waals surface area contributed by atoms with Crippen LogP contribution in [-0.4, -0.2) is 34.2 Å². The smallest absolute Gasteiger partial charge is 0.333 e. The van der Waals surface area contributed by atoms with E-state index in [4.69, 9.17) is 20.8 Å². The van der Waals surface area contributed by atoms with Crippen LogP contribution in [0.3, 0.4) is 0 Å². The largest absolute Gasteiger partial charge is 0.479 e. The van der Waals surface area contributed by atoms with Crippen molar-refractivity contribution in [3.63, 3.8) is 0 Å². The lowest BCUT2D eigenvalue weighted by Gasteiger charge is -2.18. The summed E-state index contributed by atoms with van der Waals surface area (Å²) in [6.45, 7) is 5.65. The maximum atomic E-state index is 13.1. The Hall–Kier alpha value is -3.46. The minimum Gasteiger partial charge on any atom is -0.479 e. The van der Waals surface area contributed by atoms with Gasteiger partial charge < -0.3 is 19.6 Å². The highest BCUT2D eigenvalue weighted by Gasteiger charge is 2.22. The summed E-state index contributed by atoms with van der Waals surface area (Å²) in [6.07, 6.45) is 0.577. The predicted octanol–water partition coefficient (Wildman–Crippen LogP) is 6.38. The SMILES string of the molecule is Cc1sc(-c2ccccc2Cl)nc1C(=O)NCc1cc(CC(OC(C)C)C(=O)O)ccc1-c1ccco1. The second kappa shape index (κ2) is 11.7. The Bertz CT molecular complexity index is 1400. The van der Waals surface area contributed by atoms with Crippen LogP contribution in [0.4, 0.5) is 0 Å². The Balaban J connectivity index is 1.57. The molecule has 37 heavy (non-hydrogen) atoms. The van der Waals surface area contributed by atoms with Crippen molar-refractivity contribution in [3.8, 4) is 21.9 Å². The monoisotopic (exact) mass is 538 g/mol. The topological polar surface area (TPSA) is 102 Å². The average Bonchev–Trinajstić information content (AvgIpc) is 3.52. The molecule has 1 atom stereocenters. The standard InChI is InChI=1S/C28H27ClN2O5S/c1-16(2)36-24(28(33)34)14-18-10-11-20(23-9-6-12-35-23)19(13-18)15-30-26(32)25-17(3)37-27(31-25)21-7-4-5-8-22(21)29/h4-13,16,24H,14-15H2,1-3H3,(H,30,32)(H,33,34). The van der Waals surface area contributed by atoms with E-state index < -0.39 is 12.1 Å². The van der Waals surface area contributed by atoms with E-state index in [-0.39, 0.29) is 25.0 Å². The first-order chi connectivity index (χ1) is 17.7. The zero-order valence-corrected chi connectivity index (χ0v) is 22.2. The Morgan fingerprint density at radius 2 is 1.92 bits per heavy atom. The predicted molar refractivity (Wildman–Crippen MR) is 144 cm³/mol. The summed E-state index contributed by atoms with van der Waals surface area (Å²) in [6, 6.07) is 16.6. The number of hydrogen-bond acceptors (Lipinski definition) is 6. The molecule has 0 spiro atoms. The number of hydrogen-bond donors (Lipinski definition) is 2. The summed E-state index contributed by atoms with van der Waals surface area (Å²) in [5.74, 6) is -0.684. The van der Waals surface area contributed by atoms with Gasteiger partial charge in [0.25, 0.3) is 5.91 Å². The van der Waals surface area contributed by atoms with Gasteiger partial charge in [0, 0.05) is 29.0 Å². The van der Waals surface area contributed by atoms with Gasteiger partial charge in [-0.25, -0.2) is 9.78 Å². The molecule has 0 aliphatic carbocycles. The number of aromatic nitrogens is 1. The number of aryl methyl sites for hydroxylation is 1. The third-order valence-corrected chi connectivity index (χ3v) is 6.98. The van der Waals surface area contributed by atoms with Crippen molar-refractivity contribution in [1.82, 2.24) is 10.3 Å². The first-order valence-corrected chi connectivity index (χ1v) is 13.0. The quantitative estimate of drug-likeness (QED) is 0.243. The highest BCUT2D eigenvalue weighted by molar-refractivity contribution is 7.15. The van der Waals surface area contributed by atoms with Crippen molar-refractivity contribution >= 4 is 34.8 Å². The number of furan rings is 1. The van der Waals surface area contributed by atoms with Crippen molar-refractivity contribution in [3.05, 3.63) is 87.6 Å². The van der Waals surface area contributed by atoms with E-state index in [2.05, 4.69) is 10.3 Å². The van der Waals surface area contributed by atoms with Gasteiger partial charge in [-0.3, -0.25) is 4.79 Å². The van der Waals surface area contributed by atoms with Crippen LogP contribution >= 0.6 is 22.9 Å². The van der Waals surface area contributed by atoms with Gasteiger partial charge in [0.2, 0.25) is 0 Å². The summed E-state index contributed by atoms with van der Waals surface area (Å²) in [7, 11) is 0. The highest BCUT2D eigenvalue weighted by Crippen LogP contribution is 2.33. The van der Waals surface area contributed by atoms with Crippen molar-refractivity contribution in [1.29, 1.82) is 0 Å². The second-order valence-corrected chi connectivity index (χ2v) is 10.4. The molecule has 192 valence electrons. The minimum absolute atomic E-state index is 0.194. The zero-order valence-electron chi connectivity index (χ0n) is 20.7. The molecular formula is C28H27ClN2O5S. The maximum absolute atomic E-state index is 13.1. The van der Waals surface area contributed by atoms with Crippen LogP contribution < -0.4 is 5.32 Å². The molecule has 7 nitrogen and oxygen atoms in total. The molecule has 0 saturated carbocycles. The molecule has 0 bridgehead atoms. The molecule has 0 fully saturated rings. The number of ether oxygens (including phenoxy) is 1. The Morgan fingerprint density at radius 3 is 2.59 bits per heavy atom. The number of carbonyl (C=O) groups is 2. The van der Waals surface area contributed by atoms with Crippen LogP contribution in [0.1, 0.15) is 40.3 Å². The van der Waals surface area contributed by atoms with Crippen LogP contribution in [-0.2, 0) is 22.5 Å². The molecular weight excluding hydrogens is 512 g/mol. The molecule has 0 saturated heterocycles. The minimum atomic E-state index is -1.02. The van der Waals surface area contributed by atoms with Crippen LogP contribution in [0.15, 0.2) is 65.3 Å². The number of aliphatic carboxylic acids is 1. The molecule has 9 heteroatoms. The molecule has 2 N–H and O–H groups in total. The van der Waals surface area contributed by atoms with E-state index in [0.29, 0.717) is 21.5 Å². The number of carbonyl (C=O) groups excluding carboxylic acids is 1. The summed E-state index contributed by atoms with van der Waals surface area (Å²) < 4.78 is 11.2. The van der Waals surface area contributed by atoms with Crippen molar-refractivity contribution in [2.75, 3.05) is 0 Å². The van der Waals surface area contributed by atoms with Gasteiger partial charge in [0.1, 0.15) is 16.5 Å². The van der Waals surface area contributed by atoms with Crippen LogP contribution in [0.5, 0.6) is 0 Å². The number of carboxylic acid groups (broad SMARTS) is 1. The molecule has 1 unspecified atom stereocenters. The van der Waals surface area contributed by atoms with Gasteiger partial charge in [-0.1, -0.05) is 48.0 Å². The molecule has 0 aliphatic rings. The fraction of sp³-hybridized carbons (Fsp3) is 0.250. The number of carboxylic acids is 1. The number of thiazole rings is 1. The second-order valence-electron chi connectivity index (χ2n) is 8.77. The summed E-state index contributed by atoms with van der Waals surface area (Å²) in [5, 5.41) is 13.8. The van der Waals surface area contributed by atoms with Crippen molar-refractivity contribution in [2.24, 2.45) is 0 Å². The van der Waals surface area contributed by atoms with Gasteiger partial charge in [0.05, 0.1) is 17.4 Å². The molecule has 0 radical (unpaired) electrons. The molecule has 4 rings (SSSR count). The fourth-order valence-electron chi connectivity index (χ4n) is 3.94. The van der Waals surface area contributed by atoms with Gasteiger partial charge in [-0.05, 0) is 50.1 Å². The molecule has 1 amide bonds. The fourth-order valence-corrected chi connectivity index (χ4v) is 5.18. The number of benzene rings is 2. The van der Waals surface area contributed by atoms with E-state index in [1.54, 1.807) is 32.2 Å².